The normalized spacial score (nSPS) is 18.7. The van der Waals surface area contributed by atoms with Gasteiger partial charge in [-0.15, -0.1) is 0 Å². The summed E-state index contributed by atoms with van der Waals surface area (Å²) in [6, 6.07) is 0. The summed E-state index contributed by atoms with van der Waals surface area (Å²) >= 11 is 0. The van der Waals surface area contributed by atoms with Crippen molar-refractivity contribution in [1.29, 1.82) is 0 Å². The second-order valence-corrected chi connectivity index (χ2v) is 4.97. The average Bonchev–Trinajstić information content (AvgIpc) is 2.01. The van der Waals surface area contributed by atoms with Crippen LogP contribution in [-0.2, 0) is 0 Å². The molecule has 0 N–H and O–H groups in total. The van der Waals surface area contributed by atoms with Crippen LogP contribution < -0.4 is 0 Å². The van der Waals surface area contributed by atoms with Gasteiger partial charge >= 0.3 is 0 Å². The summed E-state index contributed by atoms with van der Waals surface area (Å²) in [5.74, 6) is 2.59. The SMILES string of the molecule is CCC(C)C(C)CC(C)CN(C)C. The van der Waals surface area contributed by atoms with Crippen LogP contribution in [0.3, 0.4) is 0 Å². The Labute approximate surface area is 84.5 Å². The summed E-state index contributed by atoms with van der Waals surface area (Å²) in [5.41, 5.74) is 0. The third kappa shape index (κ3) is 6.09. The highest BCUT2D eigenvalue weighted by Gasteiger charge is 2.14. The smallest absolute Gasteiger partial charge is 0.000102 e. The Morgan fingerprint density at radius 1 is 1.00 bits per heavy atom. The molecule has 80 valence electrons. The van der Waals surface area contributed by atoms with E-state index in [0.29, 0.717) is 0 Å². The highest BCUT2D eigenvalue weighted by Crippen LogP contribution is 2.22. The maximum Gasteiger partial charge on any atom is 0.000102 e. The van der Waals surface area contributed by atoms with E-state index in [2.05, 4.69) is 46.7 Å². The van der Waals surface area contributed by atoms with E-state index >= 15 is 0 Å². The molecule has 0 aromatic heterocycles. The Hall–Kier alpha value is -0.0400. The number of rotatable bonds is 6. The highest BCUT2D eigenvalue weighted by molar-refractivity contribution is 4.65. The van der Waals surface area contributed by atoms with Crippen LogP contribution in [0.5, 0.6) is 0 Å². The Morgan fingerprint density at radius 2 is 1.54 bits per heavy atom. The summed E-state index contributed by atoms with van der Waals surface area (Å²) in [5, 5.41) is 0. The molecule has 0 radical (unpaired) electrons. The van der Waals surface area contributed by atoms with Gasteiger partial charge in [-0.3, -0.25) is 0 Å². The molecule has 0 saturated carbocycles. The van der Waals surface area contributed by atoms with Crippen LogP contribution in [0.2, 0.25) is 0 Å². The van der Waals surface area contributed by atoms with Crippen molar-refractivity contribution in [2.24, 2.45) is 17.8 Å². The third-order valence-electron chi connectivity index (χ3n) is 3.07. The fourth-order valence-electron chi connectivity index (χ4n) is 1.97. The molecule has 3 unspecified atom stereocenters. The van der Waals surface area contributed by atoms with Gasteiger partial charge in [-0.25, -0.2) is 0 Å². The van der Waals surface area contributed by atoms with Gasteiger partial charge in [-0.05, 0) is 38.3 Å². The Kier molecular flexibility index (Phi) is 6.40. The molecule has 0 aromatic carbocycles. The fourth-order valence-corrected chi connectivity index (χ4v) is 1.97. The molecule has 0 aromatic rings. The van der Waals surface area contributed by atoms with Gasteiger partial charge < -0.3 is 4.90 Å². The molecular formula is C12H27N. The lowest BCUT2D eigenvalue weighted by Crippen LogP contribution is -2.22. The zero-order valence-electron chi connectivity index (χ0n) is 10.3. The zero-order chi connectivity index (χ0) is 10.4. The van der Waals surface area contributed by atoms with Gasteiger partial charge in [0.15, 0.2) is 0 Å². The minimum atomic E-state index is 0.832. The van der Waals surface area contributed by atoms with Crippen molar-refractivity contribution in [3.63, 3.8) is 0 Å². The van der Waals surface area contributed by atoms with E-state index in [4.69, 9.17) is 0 Å². The average molecular weight is 185 g/mol. The van der Waals surface area contributed by atoms with E-state index in [-0.39, 0.29) is 0 Å². The van der Waals surface area contributed by atoms with E-state index in [1.807, 2.05) is 0 Å². The van der Waals surface area contributed by atoms with Gasteiger partial charge in [0.2, 0.25) is 0 Å². The first-order valence-electron chi connectivity index (χ1n) is 5.62. The van der Waals surface area contributed by atoms with Crippen LogP contribution in [0.1, 0.15) is 40.5 Å². The molecule has 0 aliphatic carbocycles. The zero-order valence-corrected chi connectivity index (χ0v) is 10.3. The second-order valence-electron chi connectivity index (χ2n) is 4.97. The topological polar surface area (TPSA) is 3.24 Å². The van der Waals surface area contributed by atoms with Crippen molar-refractivity contribution in [2.75, 3.05) is 20.6 Å². The van der Waals surface area contributed by atoms with E-state index in [9.17, 15) is 0 Å². The van der Waals surface area contributed by atoms with Gasteiger partial charge in [0.05, 0.1) is 0 Å². The largest absolute Gasteiger partial charge is 0.309 e. The standard InChI is InChI=1S/C12H27N/c1-7-11(3)12(4)8-10(2)9-13(5)6/h10-12H,7-9H2,1-6H3. The Balaban J connectivity index is 3.70. The molecule has 1 nitrogen and oxygen atoms in total. The van der Waals surface area contributed by atoms with Crippen molar-refractivity contribution >= 4 is 0 Å². The van der Waals surface area contributed by atoms with Crippen LogP contribution in [0, 0.1) is 17.8 Å². The first-order chi connectivity index (χ1) is 5.97. The second kappa shape index (κ2) is 6.42. The first-order valence-corrected chi connectivity index (χ1v) is 5.62. The Morgan fingerprint density at radius 3 is 1.92 bits per heavy atom. The predicted octanol–water partition coefficient (Wildman–Crippen LogP) is 3.26. The summed E-state index contributed by atoms with van der Waals surface area (Å²) in [6.07, 6.45) is 2.68. The van der Waals surface area contributed by atoms with Crippen molar-refractivity contribution in [1.82, 2.24) is 4.90 Å². The van der Waals surface area contributed by atoms with Crippen LogP contribution in [-0.4, -0.2) is 25.5 Å². The molecule has 0 fully saturated rings. The third-order valence-corrected chi connectivity index (χ3v) is 3.07. The van der Waals surface area contributed by atoms with E-state index in [0.717, 1.165) is 17.8 Å². The van der Waals surface area contributed by atoms with Crippen molar-refractivity contribution < 1.29 is 0 Å². The molecule has 0 saturated heterocycles. The highest BCUT2D eigenvalue weighted by atomic mass is 15.1. The number of nitrogens with zero attached hydrogens (tertiary/aromatic N) is 1. The van der Waals surface area contributed by atoms with Crippen LogP contribution in [0.4, 0.5) is 0 Å². The summed E-state index contributed by atoms with van der Waals surface area (Å²) in [6.45, 7) is 10.6. The quantitative estimate of drug-likeness (QED) is 0.614. The molecule has 0 rings (SSSR count). The molecule has 3 atom stereocenters. The van der Waals surface area contributed by atoms with E-state index in [1.165, 1.54) is 19.4 Å². The van der Waals surface area contributed by atoms with E-state index < -0.39 is 0 Å². The molecule has 0 aliphatic rings. The van der Waals surface area contributed by atoms with Gasteiger partial charge in [0, 0.05) is 6.54 Å². The molecule has 0 spiro atoms. The summed E-state index contributed by atoms with van der Waals surface area (Å²) < 4.78 is 0. The summed E-state index contributed by atoms with van der Waals surface area (Å²) in [4.78, 5) is 2.29. The number of hydrogen-bond acceptors (Lipinski definition) is 1. The van der Waals surface area contributed by atoms with Crippen LogP contribution >= 0.6 is 0 Å². The molecule has 0 bridgehead atoms. The van der Waals surface area contributed by atoms with Gasteiger partial charge in [-0.2, -0.15) is 0 Å². The minimum Gasteiger partial charge on any atom is -0.309 e. The van der Waals surface area contributed by atoms with Gasteiger partial charge in [0.25, 0.3) is 0 Å². The Bertz CT molecular complexity index is 120. The fraction of sp³-hybridized carbons (Fsp3) is 1.00. The summed E-state index contributed by atoms with van der Waals surface area (Å²) in [7, 11) is 4.31. The molecular weight excluding hydrogens is 158 g/mol. The van der Waals surface area contributed by atoms with Crippen LogP contribution in [0.15, 0.2) is 0 Å². The van der Waals surface area contributed by atoms with Crippen molar-refractivity contribution in [2.45, 2.75) is 40.5 Å². The van der Waals surface area contributed by atoms with Crippen molar-refractivity contribution in [3.05, 3.63) is 0 Å². The molecule has 13 heavy (non-hydrogen) atoms. The first kappa shape index (κ1) is 13.0. The van der Waals surface area contributed by atoms with Gasteiger partial charge in [0.1, 0.15) is 0 Å². The van der Waals surface area contributed by atoms with Crippen molar-refractivity contribution in [3.8, 4) is 0 Å². The molecule has 0 amide bonds. The maximum absolute atomic E-state index is 2.39. The molecule has 0 heterocycles. The lowest BCUT2D eigenvalue weighted by Gasteiger charge is -2.24. The van der Waals surface area contributed by atoms with Gasteiger partial charge in [-0.1, -0.05) is 34.1 Å². The maximum atomic E-state index is 2.39. The molecule has 0 aliphatic heterocycles. The number of hydrogen-bond donors (Lipinski definition) is 0. The van der Waals surface area contributed by atoms with Crippen LogP contribution in [0.25, 0.3) is 0 Å². The van der Waals surface area contributed by atoms with E-state index in [1.54, 1.807) is 0 Å². The molecule has 1 heteroatoms. The minimum absolute atomic E-state index is 0.832. The monoisotopic (exact) mass is 185 g/mol. The predicted molar refractivity (Wildman–Crippen MR) is 61.0 cm³/mol. The lowest BCUT2D eigenvalue weighted by atomic mass is 9.86. The lowest BCUT2D eigenvalue weighted by molar-refractivity contribution is 0.259.